The number of rotatable bonds is 6. The number of aliphatic hydroxyl groups excluding tert-OH is 2. The Hall–Kier alpha value is -0.710. The molecule has 0 bridgehead atoms. The number of Topliss-reactive ketones (excluding diaryl/α,β-unsaturated/α-hetero) is 1. The van der Waals surface area contributed by atoms with Crippen molar-refractivity contribution in [1.29, 1.82) is 0 Å². The smallest absolute Gasteiger partial charge is 0.138 e. The molecule has 3 N–H and O–H groups in total. The van der Waals surface area contributed by atoms with Crippen LogP contribution in [0, 0.1) is 5.92 Å². The summed E-state index contributed by atoms with van der Waals surface area (Å²) in [5.74, 6) is -0.528. The minimum absolute atomic E-state index is 0.0335. The van der Waals surface area contributed by atoms with Crippen molar-refractivity contribution in [2.75, 3.05) is 0 Å². The van der Waals surface area contributed by atoms with Gasteiger partial charge in [-0.1, -0.05) is 26.0 Å². The van der Waals surface area contributed by atoms with Gasteiger partial charge >= 0.3 is 0 Å². The summed E-state index contributed by atoms with van der Waals surface area (Å²) in [6.45, 7) is 6.27. The van der Waals surface area contributed by atoms with Crippen molar-refractivity contribution in [3.63, 3.8) is 0 Å². The molecule has 4 unspecified atom stereocenters. The van der Waals surface area contributed by atoms with Crippen molar-refractivity contribution in [1.82, 2.24) is 0 Å². The SMILES string of the molecule is CCC(=O)C(C)C(O)C=CC(C)(O)C(C)O. The van der Waals surface area contributed by atoms with Crippen molar-refractivity contribution >= 4 is 5.78 Å². The molecule has 0 saturated carbocycles. The summed E-state index contributed by atoms with van der Waals surface area (Å²) in [6.07, 6.45) is 1.18. The molecule has 0 rings (SSSR count). The van der Waals surface area contributed by atoms with Crippen LogP contribution in [0.1, 0.15) is 34.1 Å². The van der Waals surface area contributed by atoms with Gasteiger partial charge in [-0.25, -0.2) is 0 Å². The summed E-state index contributed by atoms with van der Waals surface area (Å²) in [5.41, 5.74) is -1.39. The molecule has 0 spiro atoms. The van der Waals surface area contributed by atoms with Crippen molar-refractivity contribution in [3.8, 4) is 0 Å². The first kappa shape index (κ1) is 15.3. The first-order valence-electron chi connectivity index (χ1n) is 5.53. The van der Waals surface area contributed by atoms with Crippen molar-refractivity contribution in [2.45, 2.75) is 51.9 Å². The number of hydrogen-bond donors (Lipinski definition) is 3. The predicted octanol–water partition coefficient (Wildman–Crippen LogP) is 0.650. The first-order chi connectivity index (χ1) is 7.22. The topological polar surface area (TPSA) is 77.8 Å². The zero-order chi connectivity index (χ0) is 12.9. The van der Waals surface area contributed by atoms with Gasteiger partial charge in [-0.3, -0.25) is 4.79 Å². The van der Waals surface area contributed by atoms with Crippen LogP contribution in [0.25, 0.3) is 0 Å². The van der Waals surface area contributed by atoms with Gasteiger partial charge in [0.2, 0.25) is 0 Å². The van der Waals surface area contributed by atoms with Gasteiger partial charge in [0.05, 0.1) is 12.2 Å². The minimum atomic E-state index is -1.39. The summed E-state index contributed by atoms with van der Waals surface area (Å²) in [6, 6.07) is 0. The minimum Gasteiger partial charge on any atom is -0.390 e. The highest BCUT2D eigenvalue weighted by Gasteiger charge is 2.24. The molecular formula is C12H22O4. The molecule has 0 aliphatic heterocycles. The van der Waals surface area contributed by atoms with Gasteiger partial charge < -0.3 is 15.3 Å². The fourth-order valence-electron chi connectivity index (χ4n) is 1.11. The zero-order valence-electron chi connectivity index (χ0n) is 10.3. The molecule has 0 aliphatic carbocycles. The van der Waals surface area contributed by atoms with E-state index in [1.165, 1.54) is 26.0 Å². The number of aliphatic hydroxyl groups is 3. The van der Waals surface area contributed by atoms with Gasteiger partial charge in [0, 0.05) is 12.3 Å². The van der Waals surface area contributed by atoms with Crippen LogP contribution in [-0.2, 0) is 4.79 Å². The average Bonchev–Trinajstić information content (AvgIpc) is 2.23. The van der Waals surface area contributed by atoms with Gasteiger partial charge in [-0.05, 0) is 13.8 Å². The largest absolute Gasteiger partial charge is 0.390 e. The van der Waals surface area contributed by atoms with Gasteiger partial charge in [0.15, 0.2) is 0 Å². The fraction of sp³-hybridized carbons (Fsp3) is 0.750. The highest BCUT2D eigenvalue weighted by Crippen LogP contribution is 2.14. The van der Waals surface area contributed by atoms with Crippen LogP contribution in [0.4, 0.5) is 0 Å². The second-order valence-corrected chi connectivity index (χ2v) is 4.36. The zero-order valence-corrected chi connectivity index (χ0v) is 10.3. The lowest BCUT2D eigenvalue weighted by Gasteiger charge is -2.23. The quantitative estimate of drug-likeness (QED) is 0.585. The lowest BCUT2D eigenvalue weighted by atomic mass is 9.94. The molecule has 0 radical (unpaired) electrons. The van der Waals surface area contributed by atoms with Crippen LogP contribution < -0.4 is 0 Å². The van der Waals surface area contributed by atoms with E-state index in [-0.39, 0.29) is 5.78 Å². The maximum absolute atomic E-state index is 11.3. The highest BCUT2D eigenvalue weighted by molar-refractivity contribution is 5.81. The summed E-state index contributed by atoms with van der Waals surface area (Å²) in [5, 5.41) is 28.6. The van der Waals surface area contributed by atoms with Crippen LogP contribution in [0.5, 0.6) is 0 Å². The second kappa shape index (κ2) is 6.13. The number of ketones is 1. The standard InChI is InChI=1S/C12H22O4/c1-5-10(14)8(2)11(15)6-7-12(4,16)9(3)13/h6-9,11,13,15-16H,5H2,1-4H3. The van der Waals surface area contributed by atoms with E-state index < -0.39 is 23.7 Å². The second-order valence-electron chi connectivity index (χ2n) is 4.36. The third-order valence-electron chi connectivity index (χ3n) is 2.85. The molecule has 94 valence electrons. The maximum Gasteiger partial charge on any atom is 0.138 e. The van der Waals surface area contributed by atoms with Crippen molar-refractivity contribution in [3.05, 3.63) is 12.2 Å². The third kappa shape index (κ3) is 4.43. The Morgan fingerprint density at radius 2 is 1.88 bits per heavy atom. The Bertz CT molecular complexity index is 256. The Labute approximate surface area is 96.6 Å². The fourth-order valence-corrected chi connectivity index (χ4v) is 1.11. The molecule has 0 aromatic carbocycles. The van der Waals surface area contributed by atoms with Crippen LogP contribution in [0.2, 0.25) is 0 Å². The monoisotopic (exact) mass is 230 g/mol. The van der Waals surface area contributed by atoms with E-state index in [0.29, 0.717) is 6.42 Å². The maximum atomic E-state index is 11.3. The lowest BCUT2D eigenvalue weighted by Crippen LogP contribution is -2.35. The highest BCUT2D eigenvalue weighted by atomic mass is 16.3. The van der Waals surface area contributed by atoms with Crippen LogP contribution >= 0.6 is 0 Å². The van der Waals surface area contributed by atoms with Crippen molar-refractivity contribution < 1.29 is 20.1 Å². The molecular weight excluding hydrogens is 208 g/mol. The first-order valence-corrected chi connectivity index (χ1v) is 5.53. The molecule has 0 saturated heterocycles. The van der Waals surface area contributed by atoms with E-state index in [0.717, 1.165) is 0 Å². The summed E-state index contributed by atoms with van der Waals surface area (Å²) in [7, 11) is 0. The molecule has 0 amide bonds. The molecule has 0 aliphatic rings. The predicted molar refractivity (Wildman–Crippen MR) is 61.9 cm³/mol. The molecule has 4 heteroatoms. The van der Waals surface area contributed by atoms with Crippen LogP contribution in [-0.4, -0.2) is 38.9 Å². The number of hydrogen-bond acceptors (Lipinski definition) is 4. The molecule has 4 nitrogen and oxygen atoms in total. The average molecular weight is 230 g/mol. The molecule has 0 aromatic rings. The Kier molecular flexibility index (Phi) is 5.86. The Morgan fingerprint density at radius 3 is 2.25 bits per heavy atom. The van der Waals surface area contributed by atoms with Gasteiger partial charge in [0.1, 0.15) is 11.4 Å². The molecule has 4 atom stereocenters. The Morgan fingerprint density at radius 1 is 1.38 bits per heavy atom. The molecule has 0 fully saturated rings. The molecule has 0 heterocycles. The third-order valence-corrected chi connectivity index (χ3v) is 2.85. The van der Waals surface area contributed by atoms with Crippen LogP contribution in [0.15, 0.2) is 12.2 Å². The summed E-state index contributed by atoms with van der Waals surface area (Å²) in [4.78, 5) is 11.3. The van der Waals surface area contributed by atoms with Gasteiger partial charge in [0.25, 0.3) is 0 Å². The number of carbonyl (C=O) groups is 1. The van der Waals surface area contributed by atoms with Crippen LogP contribution in [0.3, 0.4) is 0 Å². The van der Waals surface area contributed by atoms with E-state index >= 15 is 0 Å². The van der Waals surface area contributed by atoms with E-state index in [9.17, 15) is 20.1 Å². The van der Waals surface area contributed by atoms with Gasteiger partial charge in [-0.15, -0.1) is 0 Å². The summed E-state index contributed by atoms with van der Waals surface area (Å²) < 4.78 is 0. The van der Waals surface area contributed by atoms with E-state index in [1.54, 1.807) is 13.8 Å². The van der Waals surface area contributed by atoms with E-state index in [4.69, 9.17) is 0 Å². The van der Waals surface area contributed by atoms with E-state index in [1.807, 2.05) is 0 Å². The Balaban J connectivity index is 4.50. The summed E-state index contributed by atoms with van der Waals surface area (Å²) >= 11 is 0. The molecule has 0 aromatic heterocycles. The van der Waals surface area contributed by atoms with E-state index in [2.05, 4.69) is 0 Å². The number of carbonyl (C=O) groups excluding carboxylic acids is 1. The normalized spacial score (nSPS) is 21.4. The molecule has 16 heavy (non-hydrogen) atoms. The van der Waals surface area contributed by atoms with Gasteiger partial charge in [-0.2, -0.15) is 0 Å². The lowest BCUT2D eigenvalue weighted by molar-refractivity contribution is -0.124. The van der Waals surface area contributed by atoms with Crippen molar-refractivity contribution in [2.24, 2.45) is 5.92 Å².